The number of carbonyl (C=O) groups is 2. The van der Waals surface area contributed by atoms with Crippen LogP contribution in [-0.2, 0) is 0 Å². The van der Waals surface area contributed by atoms with Crippen LogP contribution in [0.2, 0.25) is 0 Å². The number of amides is 2. The average Bonchev–Trinajstić information content (AvgIpc) is 3.10. The Morgan fingerprint density at radius 1 is 1.04 bits per heavy atom. The molecule has 2 N–H and O–H groups in total. The molecule has 0 aliphatic carbocycles. The predicted molar refractivity (Wildman–Crippen MR) is 108 cm³/mol. The molecule has 1 aromatic heterocycles. The molecule has 2 aromatic carbocycles. The van der Waals surface area contributed by atoms with Gasteiger partial charge in [-0.15, -0.1) is 0 Å². The summed E-state index contributed by atoms with van der Waals surface area (Å²) in [4.78, 5) is 25.2. The molecule has 28 heavy (non-hydrogen) atoms. The van der Waals surface area contributed by atoms with Gasteiger partial charge in [-0.3, -0.25) is 9.59 Å². The molecule has 0 saturated heterocycles. The molecule has 144 valence electrons. The van der Waals surface area contributed by atoms with Crippen molar-refractivity contribution < 1.29 is 14.1 Å². The maximum Gasteiger partial charge on any atom is 0.261 e. The second kappa shape index (κ2) is 8.52. The predicted octanol–water partition coefficient (Wildman–Crippen LogP) is 4.35. The highest BCUT2D eigenvalue weighted by atomic mass is 16.5. The highest BCUT2D eigenvalue weighted by molar-refractivity contribution is 6.09. The minimum atomic E-state index is -0.327. The van der Waals surface area contributed by atoms with E-state index in [1.807, 2.05) is 50.2 Å². The quantitative estimate of drug-likeness (QED) is 0.669. The first kappa shape index (κ1) is 19.4. The summed E-state index contributed by atoms with van der Waals surface area (Å²) >= 11 is 0. The number of aryl methyl sites for hydroxylation is 2. The molecule has 0 saturated carbocycles. The minimum Gasteiger partial charge on any atom is -0.360 e. The van der Waals surface area contributed by atoms with Crippen LogP contribution >= 0.6 is 0 Å². The van der Waals surface area contributed by atoms with Crippen molar-refractivity contribution in [1.29, 1.82) is 0 Å². The summed E-state index contributed by atoms with van der Waals surface area (Å²) in [6, 6.07) is 14.6. The highest BCUT2D eigenvalue weighted by Gasteiger charge is 2.22. The summed E-state index contributed by atoms with van der Waals surface area (Å²) < 4.78 is 5.27. The van der Waals surface area contributed by atoms with Crippen molar-refractivity contribution in [1.82, 2.24) is 10.5 Å². The summed E-state index contributed by atoms with van der Waals surface area (Å²) in [5, 5.41) is 9.79. The fourth-order valence-electron chi connectivity index (χ4n) is 2.86. The number of carbonyl (C=O) groups excluding carboxylic acids is 2. The standard InChI is InChI=1S/C22H23N3O3/c1-4-12-23-21(26)17-11-10-14(2)18(13-17)24-22(27)19-15(3)28-25-20(19)16-8-6-5-7-9-16/h5-11,13H,4,12H2,1-3H3,(H,23,26)(H,24,27). The zero-order valence-corrected chi connectivity index (χ0v) is 16.2. The fourth-order valence-corrected chi connectivity index (χ4v) is 2.86. The van der Waals surface area contributed by atoms with E-state index in [1.165, 1.54) is 0 Å². The molecule has 0 aliphatic heterocycles. The summed E-state index contributed by atoms with van der Waals surface area (Å²) in [7, 11) is 0. The Morgan fingerprint density at radius 3 is 2.50 bits per heavy atom. The summed E-state index contributed by atoms with van der Waals surface area (Å²) in [5.74, 6) is -0.0545. The lowest BCUT2D eigenvalue weighted by Gasteiger charge is -2.11. The average molecular weight is 377 g/mol. The van der Waals surface area contributed by atoms with Gasteiger partial charge in [0.25, 0.3) is 11.8 Å². The molecular formula is C22H23N3O3. The molecule has 2 amide bonds. The molecule has 0 radical (unpaired) electrons. The maximum absolute atomic E-state index is 13.0. The van der Waals surface area contributed by atoms with E-state index in [-0.39, 0.29) is 11.8 Å². The molecule has 0 fully saturated rings. The third-order valence-electron chi connectivity index (χ3n) is 4.42. The number of hydrogen-bond acceptors (Lipinski definition) is 4. The van der Waals surface area contributed by atoms with Gasteiger partial charge in [0.05, 0.1) is 0 Å². The summed E-state index contributed by atoms with van der Waals surface area (Å²) in [5.41, 5.74) is 3.61. The molecule has 0 atom stereocenters. The van der Waals surface area contributed by atoms with Crippen LogP contribution in [0.3, 0.4) is 0 Å². The van der Waals surface area contributed by atoms with Crippen LogP contribution in [0, 0.1) is 13.8 Å². The number of nitrogens with zero attached hydrogens (tertiary/aromatic N) is 1. The molecule has 6 nitrogen and oxygen atoms in total. The van der Waals surface area contributed by atoms with E-state index in [0.717, 1.165) is 17.5 Å². The molecule has 0 bridgehead atoms. The Bertz CT molecular complexity index is 994. The van der Waals surface area contributed by atoms with Gasteiger partial charge in [-0.1, -0.05) is 48.5 Å². The fraction of sp³-hybridized carbons (Fsp3) is 0.227. The first-order chi connectivity index (χ1) is 13.5. The van der Waals surface area contributed by atoms with Gasteiger partial charge in [0.1, 0.15) is 17.0 Å². The molecule has 6 heteroatoms. The van der Waals surface area contributed by atoms with Crippen molar-refractivity contribution in [2.75, 3.05) is 11.9 Å². The summed E-state index contributed by atoms with van der Waals surface area (Å²) in [6.07, 6.45) is 0.857. The molecule has 0 aliphatic rings. The van der Waals surface area contributed by atoms with E-state index in [9.17, 15) is 9.59 Å². The normalized spacial score (nSPS) is 10.5. The maximum atomic E-state index is 13.0. The first-order valence-corrected chi connectivity index (χ1v) is 9.23. The summed E-state index contributed by atoms with van der Waals surface area (Å²) in [6.45, 7) is 6.18. The second-order valence-corrected chi connectivity index (χ2v) is 6.57. The number of rotatable bonds is 6. The number of nitrogens with one attached hydrogen (secondary N) is 2. The van der Waals surface area contributed by atoms with Crippen LogP contribution in [0.4, 0.5) is 5.69 Å². The number of hydrogen-bond donors (Lipinski definition) is 2. The van der Waals surface area contributed by atoms with Crippen molar-refractivity contribution in [2.45, 2.75) is 27.2 Å². The monoisotopic (exact) mass is 377 g/mol. The Hall–Kier alpha value is -3.41. The van der Waals surface area contributed by atoms with E-state index >= 15 is 0 Å². The topological polar surface area (TPSA) is 84.2 Å². The van der Waals surface area contributed by atoms with Crippen molar-refractivity contribution in [3.63, 3.8) is 0 Å². The molecule has 0 spiro atoms. The smallest absolute Gasteiger partial charge is 0.261 e. The van der Waals surface area contributed by atoms with Gasteiger partial charge in [0.15, 0.2) is 0 Å². The van der Waals surface area contributed by atoms with Gasteiger partial charge in [-0.05, 0) is 38.0 Å². The molecule has 3 rings (SSSR count). The Balaban J connectivity index is 1.88. The van der Waals surface area contributed by atoms with Crippen LogP contribution in [0.15, 0.2) is 53.1 Å². The first-order valence-electron chi connectivity index (χ1n) is 9.23. The van der Waals surface area contributed by atoms with Crippen LogP contribution in [0.5, 0.6) is 0 Å². The molecular weight excluding hydrogens is 354 g/mol. The van der Waals surface area contributed by atoms with Gasteiger partial charge in [0.2, 0.25) is 0 Å². The van der Waals surface area contributed by atoms with E-state index in [0.29, 0.717) is 34.8 Å². The van der Waals surface area contributed by atoms with E-state index in [2.05, 4.69) is 15.8 Å². The Kier molecular flexibility index (Phi) is 5.89. The van der Waals surface area contributed by atoms with Crippen LogP contribution in [0.25, 0.3) is 11.3 Å². The van der Waals surface area contributed by atoms with Crippen molar-refractivity contribution in [2.24, 2.45) is 0 Å². The lowest BCUT2D eigenvalue weighted by Crippen LogP contribution is -2.24. The largest absolute Gasteiger partial charge is 0.360 e. The number of aromatic nitrogens is 1. The van der Waals surface area contributed by atoms with Crippen LogP contribution < -0.4 is 10.6 Å². The van der Waals surface area contributed by atoms with Gasteiger partial charge < -0.3 is 15.2 Å². The van der Waals surface area contributed by atoms with Gasteiger partial charge >= 0.3 is 0 Å². The zero-order chi connectivity index (χ0) is 20.1. The van der Waals surface area contributed by atoms with Crippen molar-refractivity contribution >= 4 is 17.5 Å². The molecule has 0 unspecified atom stereocenters. The van der Waals surface area contributed by atoms with Crippen LogP contribution in [0.1, 0.15) is 45.4 Å². The second-order valence-electron chi connectivity index (χ2n) is 6.57. The van der Waals surface area contributed by atoms with E-state index in [4.69, 9.17) is 4.52 Å². The van der Waals surface area contributed by atoms with Gasteiger partial charge in [-0.2, -0.15) is 0 Å². The van der Waals surface area contributed by atoms with E-state index < -0.39 is 0 Å². The minimum absolute atomic E-state index is 0.163. The lowest BCUT2D eigenvalue weighted by atomic mass is 10.0. The SMILES string of the molecule is CCCNC(=O)c1ccc(C)c(NC(=O)c2c(-c3ccccc3)noc2C)c1. The Morgan fingerprint density at radius 2 is 1.79 bits per heavy atom. The third-order valence-corrected chi connectivity index (χ3v) is 4.42. The van der Waals surface area contributed by atoms with E-state index in [1.54, 1.807) is 19.1 Å². The third kappa shape index (κ3) is 4.11. The van der Waals surface area contributed by atoms with Gasteiger partial charge in [-0.25, -0.2) is 0 Å². The van der Waals surface area contributed by atoms with Crippen molar-refractivity contribution in [3.8, 4) is 11.3 Å². The van der Waals surface area contributed by atoms with Gasteiger partial charge in [0, 0.05) is 23.4 Å². The Labute approximate surface area is 163 Å². The highest BCUT2D eigenvalue weighted by Crippen LogP contribution is 2.27. The lowest BCUT2D eigenvalue weighted by molar-refractivity contribution is 0.0952. The zero-order valence-electron chi connectivity index (χ0n) is 16.2. The van der Waals surface area contributed by atoms with Crippen LogP contribution in [-0.4, -0.2) is 23.5 Å². The number of benzene rings is 2. The van der Waals surface area contributed by atoms with Crippen molar-refractivity contribution in [3.05, 3.63) is 71.0 Å². The number of anilines is 1. The molecule has 3 aromatic rings. The molecule has 1 heterocycles.